The number of rotatable bonds is 8. The van der Waals surface area contributed by atoms with Gasteiger partial charge in [-0.15, -0.1) is 0 Å². The summed E-state index contributed by atoms with van der Waals surface area (Å²) < 4.78 is 13.9. The van der Waals surface area contributed by atoms with E-state index in [1.165, 1.54) is 11.8 Å². The van der Waals surface area contributed by atoms with Crippen LogP contribution in [0.4, 0.5) is 0 Å². The van der Waals surface area contributed by atoms with Gasteiger partial charge < -0.3 is 14.3 Å². The number of ether oxygens (including phenoxy) is 2. The highest BCUT2D eigenvalue weighted by atomic mass is 16.6. The maximum atomic E-state index is 12.3. The molecule has 0 saturated heterocycles. The number of tetrazole rings is 1. The molecule has 0 bridgehead atoms. The van der Waals surface area contributed by atoms with Gasteiger partial charge in [-0.3, -0.25) is 0 Å². The molecule has 3 aromatic rings. The van der Waals surface area contributed by atoms with E-state index in [1.807, 2.05) is 31.2 Å². The second kappa shape index (κ2) is 9.05. The Bertz CT molecular complexity index is 1070. The van der Waals surface area contributed by atoms with Crippen LogP contribution in [0.2, 0.25) is 0 Å². The maximum absolute atomic E-state index is 12.3. The SMILES string of the molecule is CCC(=NOC)c1cccc(OCc2c(OC)cccc2-n2nnn(C)c2=O)c1. The molecule has 0 atom stereocenters. The zero-order chi connectivity index (χ0) is 20.8. The lowest BCUT2D eigenvalue weighted by Gasteiger charge is -2.14. The van der Waals surface area contributed by atoms with E-state index in [9.17, 15) is 4.79 Å². The molecule has 0 unspecified atom stereocenters. The van der Waals surface area contributed by atoms with Gasteiger partial charge in [0.05, 0.1) is 24.1 Å². The van der Waals surface area contributed by atoms with Gasteiger partial charge in [-0.25, -0.2) is 4.79 Å². The van der Waals surface area contributed by atoms with Gasteiger partial charge in [0.15, 0.2) is 0 Å². The minimum atomic E-state index is -0.357. The van der Waals surface area contributed by atoms with E-state index in [1.54, 1.807) is 32.4 Å². The summed E-state index contributed by atoms with van der Waals surface area (Å²) in [7, 11) is 4.63. The molecule has 0 aliphatic rings. The van der Waals surface area contributed by atoms with Crippen molar-refractivity contribution in [3.63, 3.8) is 0 Å². The van der Waals surface area contributed by atoms with Gasteiger partial charge in [-0.1, -0.05) is 30.3 Å². The minimum absolute atomic E-state index is 0.175. The summed E-state index contributed by atoms with van der Waals surface area (Å²) in [5, 5.41) is 11.7. The average molecular weight is 397 g/mol. The Morgan fingerprint density at radius 2 is 1.93 bits per heavy atom. The summed E-state index contributed by atoms with van der Waals surface area (Å²) >= 11 is 0. The molecule has 1 heterocycles. The fourth-order valence-electron chi connectivity index (χ4n) is 2.91. The van der Waals surface area contributed by atoms with Crippen molar-refractivity contribution in [3.05, 3.63) is 64.1 Å². The summed E-state index contributed by atoms with van der Waals surface area (Å²) in [5.74, 6) is 1.24. The van der Waals surface area contributed by atoms with Crippen LogP contribution in [0.1, 0.15) is 24.5 Å². The van der Waals surface area contributed by atoms with Crippen molar-refractivity contribution in [1.29, 1.82) is 0 Å². The molecule has 0 radical (unpaired) electrons. The van der Waals surface area contributed by atoms with Crippen LogP contribution in [0.15, 0.2) is 52.4 Å². The number of methoxy groups -OCH3 is 1. The quantitative estimate of drug-likeness (QED) is 0.428. The molecular formula is C20H23N5O4. The van der Waals surface area contributed by atoms with Gasteiger partial charge in [-0.2, -0.15) is 9.36 Å². The Labute approximate surface area is 168 Å². The van der Waals surface area contributed by atoms with Crippen LogP contribution in [0.25, 0.3) is 5.69 Å². The van der Waals surface area contributed by atoms with Crippen molar-refractivity contribution >= 4 is 5.71 Å². The lowest BCUT2D eigenvalue weighted by atomic mass is 10.1. The second-order valence-corrected chi connectivity index (χ2v) is 6.15. The van der Waals surface area contributed by atoms with Gasteiger partial charge in [0.2, 0.25) is 0 Å². The van der Waals surface area contributed by atoms with Crippen molar-refractivity contribution in [2.24, 2.45) is 12.2 Å². The Hall–Kier alpha value is -3.62. The molecule has 0 spiro atoms. The van der Waals surface area contributed by atoms with Crippen LogP contribution < -0.4 is 15.2 Å². The van der Waals surface area contributed by atoms with Crippen LogP contribution >= 0.6 is 0 Å². The monoisotopic (exact) mass is 397 g/mol. The number of oxime groups is 1. The molecule has 152 valence electrons. The number of benzene rings is 2. The number of aromatic nitrogens is 4. The summed E-state index contributed by atoms with van der Waals surface area (Å²) in [6.07, 6.45) is 0.726. The summed E-state index contributed by atoms with van der Waals surface area (Å²) in [4.78, 5) is 17.2. The predicted molar refractivity (Wildman–Crippen MR) is 108 cm³/mol. The highest BCUT2D eigenvalue weighted by Crippen LogP contribution is 2.26. The Morgan fingerprint density at radius 1 is 1.14 bits per heavy atom. The van der Waals surface area contributed by atoms with Gasteiger partial charge in [0.1, 0.15) is 25.2 Å². The molecule has 1 aromatic heterocycles. The second-order valence-electron chi connectivity index (χ2n) is 6.15. The normalized spacial score (nSPS) is 11.4. The van der Waals surface area contributed by atoms with Crippen molar-refractivity contribution in [2.45, 2.75) is 20.0 Å². The third kappa shape index (κ3) is 4.29. The first kappa shape index (κ1) is 20.1. The molecule has 0 fully saturated rings. The zero-order valence-electron chi connectivity index (χ0n) is 16.8. The topological polar surface area (TPSA) is 92.8 Å². The first-order valence-electron chi connectivity index (χ1n) is 9.07. The first-order chi connectivity index (χ1) is 14.1. The molecule has 9 nitrogen and oxygen atoms in total. The number of hydrogen-bond donors (Lipinski definition) is 0. The summed E-state index contributed by atoms with van der Waals surface area (Å²) in [6.45, 7) is 2.18. The van der Waals surface area contributed by atoms with Crippen molar-refractivity contribution in [1.82, 2.24) is 19.8 Å². The fraction of sp³-hybridized carbons (Fsp3) is 0.300. The van der Waals surface area contributed by atoms with Crippen LogP contribution in [-0.2, 0) is 18.5 Å². The van der Waals surface area contributed by atoms with E-state index in [2.05, 4.69) is 15.6 Å². The van der Waals surface area contributed by atoms with E-state index >= 15 is 0 Å². The smallest absolute Gasteiger partial charge is 0.368 e. The zero-order valence-corrected chi connectivity index (χ0v) is 16.8. The average Bonchev–Trinajstić information content (AvgIpc) is 3.08. The largest absolute Gasteiger partial charge is 0.496 e. The minimum Gasteiger partial charge on any atom is -0.496 e. The van der Waals surface area contributed by atoms with Gasteiger partial charge in [0, 0.05) is 12.6 Å². The summed E-state index contributed by atoms with van der Waals surface area (Å²) in [6, 6.07) is 12.9. The van der Waals surface area contributed by atoms with Crippen LogP contribution in [0.5, 0.6) is 11.5 Å². The third-order valence-corrected chi connectivity index (χ3v) is 4.36. The van der Waals surface area contributed by atoms with E-state index in [4.69, 9.17) is 14.3 Å². The van der Waals surface area contributed by atoms with E-state index < -0.39 is 0 Å². The molecule has 9 heteroatoms. The van der Waals surface area contributed by atoms with Crippen LogP contribution in [-0.4, -0.2) is 39.7 Å². The third-order valence-electron chi connectivity index (χ3n) is 4.36. The summed E-state index contributed by atoms with van der Waals surface area (Å²) in [5.41, 5.74) is 2.61. The van der Waals surface area contributed by atoms with Crippen LogP contribution in [0.3, 0.4) is 0 Å². The van der Waals surface area contributed by atoms with Crippen molar-refractivity contribution in [3.8, 4) is 17.2 Å². The molecular weight excluding hydrogens is 374 g/mol. The molecule has 0 N–H and O–H groups in total. The number of hydrogen-bond acceptors (Lipinski definition) is 7. The lowest BCUT2D eigenvalue weighted by molar-refractivity contribution is 0.213. The Morgan fingerprint density at radius 3 is 2.59 bits per heavy atom. The molecule has 3 rings (SSSR count). The highest BCUT2D eigenvalue weighted by molar-refractivity contribution is 6.00. The standard InChI is InChI=1S/C20H23N5O4/c1-5-17(21-28-4)14-8-6-9-15(12-14)29-13-16-18(10-7-11-19(16)27-3)25-20(26)24(2)22-23-25/h6-12H,5,13H2,1-4H3. The van der Waals surface area contributed by atoms with E-state index in [-0.39, 0.29) is 12.3 Å². The van der Waals surface area contributed by atoms with Crippen molar-refractivity contribution < 1.29 is 14.3 Å². The predicted octanol–water partition coefficient (Wildman–Crippen LogP) is 2.31. The van der Waals surface area contributed by atoms with Gasteiger partial charge >= 0.3 is 5.69 Å². The van der Waals surface area contributed by atoms with E-state index in [0.717, 1.165) is 22.4 Å². The molecule has 0 amide bonds. The highest BCUT2D eigenvalue weighted by Gasteiger charge is 2.16. The van der Waals surface area contributed by atoms with E-state index in [0.29, 0.717) is 22.7 Å². The molecule has 29 heavy (non-hydrogen) atoms. The molecule has 0 aliphatic heterocycles. The molecule has 0 aliphatic carbocycles. The lowest BCUT2D eigenvalue weighted by Crippen LogP contribution is -2.23. The fourth-order valence-corrected chi connectivity index (χ4v) is 2.91. The number of nitrogens with zero attached hydrogens (tertiary/aromatic N) is 5. The van der Waals surface area contributed by atoms with Gasteiger partial charge in [-0.05, 0) is 41.1 Å². The Balaban J connectivity index is 1.93. The Kier molecular flexibility index (Phi) is 6.28. The van der Waals surface area contributed by atoms with Crippen LogP contribution in [0, 0.1) is 0 Å². The molecule has 2 aromatic carbocycles. The number of aryl methyl sites for hydroxylation is 1. The molecule has 0 saturated carbocycles. The van der Waals surface area contributed by atoms with Gasteiger partial charge in [0.25, 0.3) is 0 Å². The van der Waals surface area contributed by atoms with Crippen molar-refractivity contribution in [2.75, 3.05) is 14.2 Å². The first-order valence-corrected chi connectivity index (χ1v) is 9.07. The maximum Gasteiger partial charge on any atom is 0.368 e.